The standard InChI is InChI=1S/C16H23BrO3/c1-18-13-6-8-14(16(11-13)19-2)15(17)9-7-12-5-3-4-10-20-12/h6,8,11-12,15H,3-5,7,9-10H2,1-2H3. The number of methoxy groups -OCH3 is 2. The van der Waals surface area contributed by atoms with Crippen LogP contribution in [0.3, 0.4) is 0 Å². The molecule has 1 fully saturated rings. The molecule has 0 radical (unpaired) electrons. The highest BCUT2D eigenvalue weighted by Gasteiger charge is 2.18. The van der Waals surface area contributed by atoms with Gasteiger partial charge < -0.3 is 14.2 Å². The molecule has 0 N–H and O–H groups in total. The fraction of sp³-hybridized carbons (Fsp3) is 0.625. The van der Waals surface area contributed by atoms with Gasteiger partial charge in [-0.15, -0.1) is 0 Å². The maximum absolute atomic E-state index is 5.79. The van der Waals surface area contributed by atoms with E-state index in [-0.39, 0.29) is 4.83 Å². The van der Waals surface area contributed by atoms with Crippen LogP contribution in [0, 0.1) is 0 Å². The molecule has 0 aliphatic carbocycles. The third-order valence-corrected chi connectivity index (χ3v) is 4.75. The second-order valence-corrected chi connectivity index (χ2v) is 6.25. The van der Waals surface area contributed by atoms with Gasteiger partial charge in [0.15, 0.2) is 0 Å². The summed E-state index contributed by atoms with van der Waals surface area (Å²) in [6, 6.07) is 5.97. The van der Waals surface area contributed by atoms with Crippen molar-refractivity contribution in [3.05, 3.63) is 23.8 Å². The molecule has 0 saturated carbocycles. The summed E-state index contributed by atoms with van der Waals surface area (Å²) in [7, 11) is 3.36. The molecule has 2 atom stereocenters. The zero-order chi connectivity index (χ0) is 14.4. The molecule has 0 amide bonds. The summed E-state index contributed by atoms with van der Waals surface area (Å²) in [6.45, 7) is 0.920. The molecule has 3 nitrogen and oxygen atoms in total. The van der Waals surface area contributed by atoms with E-state index < -0.39 is 0 Å². The van der Waals surface area contributed by atoms with Gasteiger partial charge in [0, 0.05) is 23.1 Å². The zero-order valence-electron chi connectivity index (χ0n) is 12.2. The first kappa shape index (κ1) is 15.6. The van der Waals surface area contributed by atoms with E-state index in [2.05, 4.69) is 22.0 Å². The fourth-order valence-electron chi connectivity index (χ4n) is 2.60. The average Bonchev–Trinajstić information content (AvgIpc) is 2.52. The first-order valence-electron chi connectivity index (χ1n) is 7.22. The van der Waals surface area contributed by atoms with E-state index in [0.717, 1.165) is 30.9 Å². The van der Waals surface area contributed by atoms with Crippen molar-refractivity contribution >= 4 is 15.9 Å². The topological polar surface area (TPSA) is 27.7 Å². The molecular weight excluding hydrogens is 320 g/mol. The van der Waals surface area contributed by atoms with Crippen molar-refractivity contribution in [1.82, 2.24) is 0 Å². The molecule has 1 aromatic rings. The van der Waals surface area contributed by atoms with Crippen molar-refractivity contribution in [1.29, 1.82) is 0 Å². The number of alkyl halides is 1. The first-order valence-corrected chi connectivity index (χ1v) is 8.13. The average molecular weight is 343 g/mol. The van der Waals surface area contributed by atoms with Crippen LogP contribution in [0.15, 0.2) is 18.2 Å². The molecule has 0 bridgehead atoms. The smallest absolute Gasteiger partial charge is 0.126 e. The predicted molar refractivity (Wildman–Crippen MR) is 84.0 cm³/mol. The number of halogens is 1. The highest BCUT2D eigenvalue weighted by Crippen LogP contribution is 2.37. The molecule has 1 heterocycles. The summed E-state index contributed by atoms with van der Waals surface area (Å²) in [5.74, 6) is 1.69. The van der Waals surface area contributed by atoms with E-state index in [1.165, 1.54) is 24.8 Å². The minimum Gasteiger partial charge on any atom is -0.497 e. The second kappa shape index (κ2) is 7.89. The van der Waals surface area contributed by atoms with Crippen LogP contribution in [0.25, 0.3) is 0 Å². The van der Waals surface area contributed by atoms with Crippen LogP contribution in [0.5, 0.6) is 11.5 Å². The van der Waals surface area contributed by atoms with E-state index in [1.807, 2.05) is 12.1 Å². The van der Waals surface area contributed by atoms with Crippen LogP contribution >= 0.6 is 15.9 Å². The van der Waals surface area contributed by atoms with Crippen molar-refractivity contribution in [2.75, 3.05) is 20.8 Å². The van der Waals surface area contributed by atoms with Crippen molar-refractivity contribution in [3.8, 4) is 11.5 Å². The van der Waals surface area contributed by atoms with Crippen molar-refractivity contribution < 1.29 is 14.2 Å². The summed E-state index contributed by atoms with van der Waals surface area (Å²) in [6.07, 6.45) is 6.26. The number of rotatable bonds is 6. The maximum atomic E-state index is 5.79. The highest BCUT2D eigenvalue weighted by molar-refractivity contribution is 9.09. The summed E-state index contributed by atoms with van der Waals surface area (Å²) >= 11 is 3.77. The Morgan fingerprint density at radius 3 is 2.80 bits per heavy atom. The van der Waals surface area contributed by atoms with Crippen LogP contribution < -0.4 is 9.47 Å². The van der Waals surface area contributed by atoms with Gasteiger partial charge in [-0.25, -0.2) is 0 Å². The minimum absolute atomic E-state index is 0.286. The third kappa shape index (κ3) is 4.13. The van der Waals surface area contributed by atoms with Gasteiger partial charge in [-0.05, 0) is 38.2 Å². The third-order valence-electron chi connectivity index (χ3n) is 3.79. The van der Waals surface area contributed by atoms with Gasteiger partial charge in [-0.2, -0.15) is 0 Å². The van der Waals surface area contributed by atoms with Gasteiger partial charge in [0.25, 0.3) is 0 Å². The SMILES string of the molecule is COc1ccc(C(Br)CCC2CCCCO2)c(OC)c1. The Bertz CT molecular complexity index is 416. The Hall–Kier alpha value is -0.740. The van der Waals surface area contributed by atoms with Crippen LogP contribution in [0.4, 0.5) is 0 Å². The molecule has 1 aliphatic heterocycles. The molecule has 4 heteroatoms. The normalized spacial score (nSPS) is 20.4. The summed E-state index contributed by atoms with van der Waals surface area (Å²) in [5.41, 5.74) is 1.17. The van der Waals surface area contributed by atoms with E-state index in [4.69, 9.17) is 14.2 Å². The van der Waals surface area contributed by atoms with E-state index >= 15 is 0 Å². The van der Waals surface area contributed by atoms with Crippen LogP contribution in [-0.2, 0) is 4.74 Å². The van der Waals surface area contributed by atoms with Gasteiger partial charge in [0.2, 0.25) is 0 Å². The molecule has 2 unspecified atom stereocenters. The Morgan fingerprint density at radius 2 is 2.15 bits per heavy atom. The molecule has 2 rings (SSSR count). The molecule has 0 spiro atoms. The molecule has 1 aliphatic rings. The number of ether oxygens (including phenoxy) is 3. The lowest BCUT2D eigenvalue weighted by molar-refractivity contribution is 0.0101. The largest absolute Gasteiger partial charge is 0.497 e. The van der Waals surface area contributed by atoms with Crippen molar-refractivity contribution in [2.45, 2.75) is 43.0 Å². The van der Waals surface area contributed by atoms with Crippen LogP contribution in [0.2, 0.25) is 0 Å². The lowest BCUT2D eigenvalue weighted by atomic mass is 10.0. The number of hydrogen-bond donors (Lipinski definition) is 0. The van der Waals surface area contributed by atoms with Gasteiger partial charge >= 0.3 is 0 Å². The Labute approximate surface area is 129 Å². The van der Waals surface area contributed by atoms with Crippen LogP contribution in [-0.4, -0.2) is 26.9 Å². The van der Waals surface area contributed by atoms with E-state index in [0.29, 0.717) is 6.10 Å². The van der Waals surface area contributed by atoms with Crippen molar-refractivity contribution in [3.63, 3.8) is 0 Å². The number of hydrogen-bond acceptors (Lipinski definition) is 3. The Balaban J connectivity index is 1.95. The molecule has 112 valence electrons. The molecule has 1 aromatic carbocycles. The lowest BCUT2D eigenvalue weighted by Crippen LogP contribution is -2.19. The van der Waals surface area contributed by atoms with Gasteiger partial charge in [0.05, 0.1) is 20.3 Å². The quantitative estimate of drug-likeness (QED) is 0.713. The van der Waals surface area contributed by atoms with Gasteiger partial charge in [0.1, 0.15) is 11.5 Å². The summed E-state index contributed by atoms with van der Waals surface area (Å²) in [5, 5.41) is 0. The Morgan fingerprint density at radius 1 is 1.30 bits per heavy atom. The fourth-order valence-corrected chi connectivity index (χ4v) is 3.24. The number of benzene rings is 1. The molecule has 0 aromatic heterocycles. The lowest BCUT2D eigenvalue weighted by Gasteiger charge is -2.24. The molecule has 20 heavy (non-hydrogen) atoms. The zero-order valence-corrected chi connectivity index (χ0v) is 13.8. The summed E-state index contributed by atoms with van der Waals surface area (Å²) in [4.78, 5) is 0.286. The minimum atomic E-state index is 0.286. The monoisotopic (exact) mass is 342 g/mol. The maximum Gasteiger partial charge on any atom is 0.126 e. The first-order chi connectivity index (χ1) is 9.74. The highest BCUT2D eigenvalue weighted by atomic mass is 79.9. The van der Waals surface area contributed by atoms with Gasteiger partial charge in [-0.3, -0.25) is 0 Å². The molecular formula is C16H23BrO3. The predicted octanol–water partition coefficient (Wildman–Crippen LogP) is 4.49. The Kier molecular flexibility index (Phi) is 6.17. The van der Waals surface area contributed by atoms with E-state index in [9.17, 15) is 0 Å². The second-order valence-electron chi connectivity index (χ2n) is 5.14. The van der Waals surface area contributed by atoms with Crippen molar-refractivity contribution in [2.24, 2.45) is 0 Å². The van der Waals surface area contributed by atoms with Gasteiger partial charge in [-0.1, -0.05) is 22.0 Å². The van der Waals surface area contributed by atoms with E-state index in [1.54, 1.807) is 14.2 Å². The van der Waals surface area contributed by atoms with Crippen LogP contribution in [0.1, 0.15) is 42.5 Å². The molecule has 1 saturated heterocycles. The summed E-state index contributed by atoms with van der Waals surface area (Å²) < 4.78 is 16.5.